The van der Waals surface area contributed by atoms with E-state index in [4.69, 9.17) is 4.74 Å². The summed E-state index contributed by atoms with van der Waals surface area (Å²) in [7, 11) is 0. The lowest BCUT2D eigenvalue weighted by atomic mass is 10.1. The number of ether oxygens (including phenoxy) is 1. The third-order valence-corrected chi connectivity index (χ3v) is 5.79. The summed E-state index contributed by atoms with van der Waals surface area (Å²) >= 11 is 0. The first-order valence-electron chi connectivity index (χ1n) is 10.7. The van der Waals surface area contributed by atoms with E-state index in [0.717, 1.165) is 39.3 Å². The zero-order valence-corrected chi connectivity index (χ0v) is 19.1. The van der Waals surface area contributed by atoms with Gasteiger partial charge in [0.1, 0.15) is 28.7 Å². The van der Waals surface area contributed by atoms with Crippen LogP contribution in [-0.4, -0.2) is 15.3 Å². The number of hydrogen-bond acceptors (Lipinski definition) is 5. The molecule has 0 saturated heterocycles. The van der Waals surface area contributed by atoms with Crippen LogP contribution in [-0.2, 0) is 0 Å². The minimum Gasteiger partial charge on any atom is -0.508 e. The van der Waals surface area contributed by atoms with Crippen molar-refractivity contribution in [3.8, 4) is 28.7 Å². The van der Waals surface area contributed by atoms with Gasteiger partial charge in [-0.1, -0.05) is 12.1 Å². The van der Waals surface area contributed by atoms with Gasteiger partial charge in [-0.2, -0.15) is 0 Å². The first-order chi connectivity index (χ1) is 15.8. The van der Waals surface area contributed by atoms with Crippen LogP contribution >= 0.6 is 0 Å². The number of phenolic OH excluding ortho intramolecular Hbond substituents is 3. The Labute approximate surface area is 193 Å². The molecule has 0 unspecified atom stereocenters. The van der Waals surface area contributed by atoms with Crippen LogP contribution in [0, 0.1) is 27.7 Å². The predicted molar refractivity (Wildman–Crippen MR) is 132 cm³/mol. The van der Waals surface area contributed by atoms with Crippen molar-refractivity contribution in [3.63, 3.8) is 0 Å². The van der Waals surface area contributed by atoms with Crippen LogP contribution in [0.25, 0.3) is 0 Å². The number of phenols is 3. The second-order valence-electron chi connectivity index (χ2n) is 8.18. The normalized spacial score (nSPS) is 10.8. The highest BCUT2D eigenvalue weighted by atomic mass is 16.5. The van der Waals surface area contributed by atoms with Gasteiger partial charge in [-0.3, -0.25) is 0 Å². The van der Waals surface area contributed by atoms with Crippen molar-refractivity contribution >= 4 is 17.1 Å². The average Bonchev–Trinajstić information content (AvgIpc) is 2.77. The van der Waals surface area contributed by atoms with Crippen molar-refractivity contribution < 1.29 is 20.1 Å². The van der Waals surface area contributed by atoms with Gasteiger partial charge in [0.15, 0.2) is 0 Å². The molecule has 5 nitrogen and oxygen atoms in total. The van der Waals surface area contributed by atoms with Crippen molar-refractivity contribution in [2.75, 3.05) is 4.90 Å². The molecule has 0 fully saturated rings. The Morgan fingerprint density at radius 1 is 0.636 bits per heavy atom. The molecule has 4 aromatic rings. The van der Waals surface area contributed by atoms with Crippen molar-refractivity contribution in [2.45, 2.75) is 27.7 Å². The van der Waals surface area contributed by atoms with E-state index in [9.17, 15) is 15.3 Å². The summed E-state index contributed by atoms with van der Waals surface area (Å²) in [6.07, 6.45) is 0. The molecule has 0 aliphatic rings. The highest BCUT2D eigenvalue weighted by Gasteiger charge is 2.19. The molecular weight excluding hydrogens is 414 g/mol. The number of aromatic hydroxyl groups is 3. The monoisotopic (exact) mass is 441 g/mol. The first kappa shape index (κ1) is 22.1. The zero-order valence-electron chi connectivity index (χ0n) is 19.1. The smallest absolute Gasteiger partial charge is 0.133 e. The predicted octanol–water partition coefficient (Wildman–Crippen LogP) is 7.30. The van der Waals surface area contributed by atoms with Crippen LogP contribution in [0.15, 0.2) is 72.8 Å². The molecule has 0 aliphatic carbocycles. The lowest BCUT2D eigenvalue weighted by molar-refractivity contribution is 0.458. The molecule has 0 radical (unpaired) electrons. The summed E-state index contributed by atoms with van der Waals surface area (Å²) in [4.78, 5) is 2.00. The molecule has 168 valence electrons. The molecule has 0 heterocycles. The third-order valence-electron chi connectivity index (χ3n) is 5.79. The van der Waals surface area contributed by atoms with Gasteiger partial charge in [0.2, 0.25) is 0 Å². The summed E-state index contributed by atoms with van der Waals surface area (Å²) in [5.74, 6) is 1.99. The van der Waals surface area contributed by atoms with Crippen LogP contribution in [0.2, 0.25) is 0 Å². The largest absolute Gasteiger partial charge is 0.508 e. The van der Waals surface area contributed by atoms with Crippen LogP contribution in [0.4, 0.5) is 17.1 Å². The van der Waals surface area contributed by atoms with E-state index in [2.05, 4.69) is 0 Å². The van der Waals surface area contributed by atoms with Crippen molar-refractivity contribution in [1.29, 1.82) is 0 Å². The lowest BCUT2D eigenvalue weighted by Crippen LogP contribution is -2.12. The molecule has 4 rings (SSSR count). The highest BCUT2D eigenvalue weighted by molar-refractivity contribution is 5.82. The number of hydrogen-bond donors (Lipinski definition) is 3. The van der Waals surface area contributed by atoms with Crippen molar-refractivity contribution in [2.24, 2.45) is 0 Å². The number of benzene rings is 4. The van der Waals surface area contributed by atoms with E-state index < -0.39 is 0 Å². The van der Waals surface area contributed by atoms with Gasteiger partial charge in [-0.25, -0.2) is 0 Å². The molecule has 0 aliphatic heterocycles. The van der Waals surface area contributed by atoms with Gasteiger partial charge in [-0.15, -0.1) is 0 Å². The maximum absolute atomic E-state index is 10.3. The zero-order chi connectivity index (χ0) is 23.7. The van der Waals surface area contributed by atoms with Gasteiger partial charge >= 0.3 is 0 Å². The number of aryl methyl sites for hydroxylation is 2. The van der Waals surface area contributed by atoms with E-state index in [1.165, 1.54) is 0 Å². The molecule has 0 atom stereocenters. The lowest BCUT2D eigenvalue weighted by Gasteiger charge is -2.29. The van der Waals surface area contributed by atoms with Crippen LogP contribution in [0.1, 0.15) is 22.3 Å². The van der Waals surface area contributed by atoms with E-state index in [0.29, 0.717) is 11.5 Å². The van der Waals surface area contributed by atoms with Gasteiger partial charge in [0.05, 0.1) is 11.4 Å². The summed E-state index contributed by atoms with van der Waals surface area (Å²) < 4.78 is 6.12. The van der Waals surface area contributed by atoms with Crippen molar-refractivity contribution in [3.05, 3.63) is 95.1 Å². The minimum absolute atomic E-state index is 0.202. The number of nitrogens with zero attached hydrogens (tertiary/aromatic N) is 1. The summed E-state index contributed by atoms with van der Waals surface area (Å²) in [5.41, 5.74) is 5.63. The molecule has 4 aromatic carbocycles. The summed E-state index contributed by atoms with van der Waals surface area (Å²) in [6, 6.07) is 21.8. The Bertz CT molecular complexity index is 1240. The Hall–Kier alpha value is -4.12. The third kappa shape index (κ3) is 4.30. The SMILES string of the molecule is Cc1cc(O)cc(C)c1Oc1ccc(N(c2cccc(O)c2C)c2cccc(O)c2C)cc1. The van der Waals surface area contributed by atoms with E-state index in [1.807, 2.05) is 69.0 Å². The first-order valence-corrected chi connectivity index (χ1v) is 10.7. The van der Waals surface area contributed by atoms with E-state index in [-0.39, 0.29) is 17.2 Å². The molecule has 5 heteroatoms. The number of anilines is 3. The van der Waals surface area contributed by atoms with Crippen molar-refractivity contribution in [1.82, 2.24) is 0 Å². The maximum atomic E-state index is 10.3. The fourth-order valence-corrected chi connectivity index (χ4v) is 3.99. The molecule has 33 heavy (non-hydrogen) atoms. The molecule has 0 aromatic heterocycles. The van der Waals surface area contributed by atoms with E-state index in [1.54, 1.807) is 36.4 Å². The minimum atomic E-state index is 0.202. The Balaban J connectivity index is 1.77. The number of rotatable bonds is 5. The Kier molecular flexibility index (Phi) is 5.88. The van der Waals surface area contributed by atoms with E-state index >= 15 is 0 Å². The fraction of sp³-hybridized carbons (Fsp3) is 0.143. The quantitative estimate of drug-likeness (QED) is 0.303. The Morgan fingerprint density at radius 3 is 1.61 bits per heavy atom. The average molecular weight is 442 g/mol. The van der Waals surface area contributed by atoms with Gasteiger partial charge < -0.3 is 25.0 Å². The second-order valence-corrected chi connectivity index (χ2v) is 8.18. The van der Waals surface area contributed by atoms with Crippen LogP contribution < -0.4 is 9.64 Å². The topological polar surface area (TPSA) is 73.2 Å². The summed E-state index contributed by atoms with van der Waals surface area (Å²) in [6.45, 7) is 7.52. The van der Waals surface area contributed by atoms with Crippen LogP contribution in [0.5, 0.6) is 28.7 Å². The molecule has 0 amide bonds. The molecule has 0 bridgehead atoms. The molecule has 0 spiro atoms. The molecule has 3 N–H and O–H groups in total. The molecule has 0 saturated carbocycles. The highest BCUT2D eigenvalue weighted by Crippen LogP contribution is 2.42. The van der Waals surface area contributed by atoms with Gasteiger partial charge in [0, 0.05) is 16.8 Å². The van der Waals surface area contributed by atoms with Gasteiger partial charge in [0.25, 0.3) is 0 Å². The standard InChI is InChI=1S/C28H27NO4/c1-17-15-22(30)16-18(2)28(17)33-23-13-11-21(12-14-23)29(24-7-5-9-26(31)19(24)3)25-8-6-10-27(32)20(25)4/h5-16,30-32H,1-4H3. The van der Waals surface area contributed by atoms with Gasteiger partial charge in [-0.05, 0) is 99.5 Å². The van der Waals surface area contributed by atoms with Crippen LogP contribution in [0.3, 0.4) is 0 Å². The molecular formula is C28H27NO4. The summed E-state index contributed by atoms with van der Waals surface area (Å²) in [5, 5.41) is 30.5. The maximum Gasteiger partial charge on any atom is 0.133 e. The fourth-order valence-electron chi connectivity index (χ4n) is 3.99. The Morgan fingerprint density at radius 2 is 1.12 bits per heavy atom. The second kappa shape index (κ2) is 8.79.